The molecule has 94 valence electrons. The number of carboxylic acids is 1. The number of hydrogen-bond acceptors (Lipinski definition) is 3. The van der Waals surface area contributed by atoms with Crippen molar-refractivity contribution in [3.63, 3.8) is 0 Å². The minimum Gasteiger partial charge on any atom is -0.490 e. The van der Waals surface area contributed by atoms with E-state index in [1.54, 1.807) is 6.07 Å². The number of carbonyl (C=O) groups is 1. The highest BCUT2D eigenvalue weighted by Crippen LogP contribution is 2.22. The molecule has 0 bridgehead atoms. The summed E-state index contributed by atoms with van der Waals surface area (Å²) in [6.45, 7) is 5.31. The van der Waals surface area contributed by atoms with Crippen molar-refractivity contribution in [2.45, 2.75) is 32.8 Å². The second-order valence-electron chi connectivity index (χ2n) is 4.55. The number of aryl methyl sites for hydroxylation is 1. The first-order chi connectivity index (χ1) is 7.82. The van der Waals surface area contributed by atoms with Crippen molar-refractivity contribution >= 4 is 5.97 Å². The molecule has 0 aliphatic heterocycles. The maximum Gasteiger partial charge on any atom is 0.306 e. The van der Waals surface area contributed by atoms with Gasteiger partial charge in [0.05, 0.1) is 6.42 Å². The van der Waals surface area contributed by atoms with Gasteiger partial charge in [-0.1, -0.05) is 12.1 Å². The summed E-state index contributed by atoms with van der Waals surface area (Å²) in [6.07, 6.45) is -0.335. The number of aliphatic carboxylic acids is 1. The molecule has 0 heterocycles. The van der Waals surface area contributed by atoms with Crippen molar-refractivity contribution in [3.05, 3.63) is 29.3 Å². The highest BCUT2D eigenvalue weighted by atomic mass is 16.5. The van der Waals surface area contributed by atoms with Crippen LogP contribution < -0.4 is 4.74 Å². The Labute approximate surface area is 101 Å². The lowest BCUT2D eigenvalue weighted by Gasteiger charge is -2.22. The van der Waals surface area contributed by atoms with Gasteiger partial charge >= 0.3 is 5.97 Å². The van der Waals surface area contributed by atoms with E-state index in [0.717, 1.165) is 11.1 Å². The Morgan fingerprint density at radius 3 is 2.65 bits per heavy atom. The molecule has 1 aromatic carbocycles. The molecule has 0 aromatic heterocycles. The van der Waals surface area contributed by atoms with Crippen molar-refractivity contribution in [1.82, 2.24) is 0 Å². The van der Waals surface area contributed by atoms with Crippen molar-refractivity contribution in [2.24, 2.45) is 0 Å². The molecule has 4 heteroatoms. The summed E-state index contributed by atoms with van der Waals surface area (Å²) < 4.78 is 5.47. The van der Waals surface area contributed by atoms with E-state index in [0.29, 0.717) is 5.75 Å². The second kappa shape index (κ2) is 5.19. The molecule has 0 aliphatic rings. The number of benzene rings is 1. The molecule has 0 fully saturated rings. The molecule has 1 unspecified atom stereocenters. The van der Waals surface area contributed by atoms with Crippen molar-refractivity contribution < 1.29 is 19.7 Å². The van der Waals surface area contributed by atoms with Crippen LogP contribution in [0.15, 0.2) is 18.2 Å². The van der Waals surface area contributed by atoms with Crippen LogP contribution in [0.1, 0.15) is 24.5 Å². The first-order valence-electron chi connectivity index (χ1n) is 5.45. The largest absolute Gasteiger partial charge is 0.490 e. The van der Waals surface area contributed by atoms with E-state index in [4.69, 9.17) is 9.84 Å². The highest BCUT2D eigenvalue weighted by molar-refractivity contribution is 5.68. The summed E-state index contributed by atoms with van der Waals surface area (Å²) in [6, 6.07) is 5.64. The Bertz CT molecular complexity index is 410. The monoisotopic (exact) mass is 238 g/mol. The van der Waals surface area contributed by atoms with Gasteiger partial charge in [-0.05, 0) is 38.0 Å². The summed E-state index contributed by atoms with van der Waals surface area (Å²) in [5.74, 6) is -0.366. The van der Waals surface area contributed by atoms with E-state index in [1.807, 2.05) is 26.0 Å². The fourth-order valence-corrected chi connectivity index (χ4v) is 1.49. The zero-order chi connectivity index (χ0) is 13.1. The average molecular weight is 238 g/mol. The van der Waals surface area contributed by atoms with Crippen LogP contribution in [0.4, 0.5) is 0 Å². The number of carboxylic acid groups (broad SMARTS) is 1. The summed E-state index contributed by atoms with van der Waals surface area (Å²) in [7, 11) is 0. The molecule has 1 aromatic rings. The van der Waals surface area contributed by atoms with Crippen LogP contribution in [0.3, 0.4) is 0 Å². The molecule has 2 N–H and O–H groups in total. The van der Waals surface area contributed by atoms with Crippen LogP contribution in [0.25, 0.3) is 0 Å². The van der Waals surface area contributed by atoms with Gasteiger partial charge in [-0.25, -0.2) is 0 Å². The second-order valence-corrected chi connectivity index (χ2v) is 4.55. The lowest BCUT2D eigenvalue weighted by Crippen LogP contribution is -2.35. The molecule has 1 atom stereocenters. The van der Waals surface area contributed by atoms with Crippen LogP contribution in [0, 0.1) is 13.8 Å². The molecule has 0 saturated heterocycles. The van der Waals surface area contributed by atoms with Crippen LogP contribution >= 0.6 is 0 Å². The molecular weight excluding hydrogens is 220 g/mol. The first kappa shape index (κ1) is 13.5. The third kappa shape index (κ3) is 4.07. The SMILES string of the molecule is Cc1cccc(OCC(C)(O)CC(=O)O)c1C. The third-order valence-electron chi connectivity index (χ3n) is 2.63. The van der Waals surface area contributed by atoms with E-state index >= 15 is 0 Å². The molecule has 0 amide bonds. The molecule has 17 heavy (non-hydrogen) atoms. The Kier molecular flexibility index (Phi) is 4.12. The van der Waals surface area contributed by atoms with E-state index < -0.39 is 11.6 Å². The fourth-order valence-electron chi connectivity index (χ4n) is 1.49. The van der Waals surface area contributed by atoms with Gasteiger partial charge in [0.25, 0.3) is 0 Å². The smallest absolute Gasteiger partial charge is 0.306 e. The molecule has 0 spiro atoms. The third-order valence-corrected chi connectivity index (χ3v) is 2.63. The van der Waals surface area contributed by atoms with E-state index in [2.05, 4.69) is 0 Å². The van der Waals surface area contributed by atoms with Crippen LogP contribution in [-0.2, 0) is 4.79 Å². The number of aliphatic hydroxyl groups is 1. The Morgan fingerprint density at radius 2 is 2.06 bits per heavy atom. The number of rotatable bonds is 5. The van der Waals surface area contributed by atoms with Gasteiger partial charge in [0.15, 0.2) is 0 Å². The van der Waals surface area contributed by atoms with Gasteiger partial charge in [-0.15, -0.1) is 0 Å². The van der Waals surface area contributed by atoms with Gasteiger partial charge < -0.3 is 14.9 Å². The van der Waals surface area contributed by atoms with Crippen molar-refractivity contribution in [1.29, 1.82) is 0 Å². The van der Waals surface area contributed by atoms with Gasteiger partial charge in [-0.3, -0.25) is 4.79 Å². The topological polar surface area (TPSA) is 66.8 Å². The predicted octanol–water partition coefficient (Wildman–Crippen LogP) is 1.91. The van der Waals surface area contributed by atoms with E-state index in [9.17, 15) is 9.90 Å². The molecule has 0 radical (unpaired) electrons. The van der Waals surface area contributed by atoms with Crippen LogP contribution in [-0.4, -0.2) is 28.4 Å². The average Bonchev–Trinajstić information content (AvgIpc) is 2.18. The van der Waals surface area contributed by atoms with Crippen molar-refractivity contribution in [3.8, 4) is 5.75 Å². The molecule has 0 saturated carbocycles. The van der Waals surface area contributed by atoms with E-state index in [1.165, 1.54) is 6.92 Å². The minimum absolute atomic E-state index is 0.0381. The van der Waals surface area contributed by atoms with Crippen LogP contribution in [0.5, 0.6) is 5.75 Å². The lowest BCUT2D eigenvalue weighted by molar-refractivity contribution is -0.143. The molecule has 4 nitrogen and oxygen atoms in total. The highest BCUT2D eigenvalue weighted by Gasteiger charge is 2.25. The van der Waals surface area contributed by atoms with Crippen LogP contribution in [0.2, 0.25) is 0 Å². The normalized spacial score (nSPS) is 14.1. The van der Waals surface area contributed by atoms with Gasteiger partial charge in [-0.2, -0.15) is 0 Å². The summed E-state index contributed by atoms with van der Waals surface area (Å²) >= 11 is 0. The molecule has 0 aliphatic carbocycles. The minimum atomic E-state index is -1.36. The number of hydrogen-bond donors (Lipinski definition) is 2. The van der Waals surface area contributed by atoms with Gasteiger partial charge in [0.1, 0.15) is 18.0 Å². The lowest BCUT2D eigenvalue weighted by atomic mass is 10.0. The zero-order valence-electron chi connectivity index (χ0n) is 10.4. The quantitative estimate of drug-likeness (QED) is 0.822. The zero-order valence-corrected chi connectivity index (χ0v) is 10.4. The van der Waals surface area contributed by atoms with Gasteiger partial charge in [0, 0.05) is 0 Å². The maximum atomic E-state index is 10.5. The molecular formula is C13H18O4. The summed E-state index contributed by atoms with van der Waals surface area (Å²) in [5.41, 5.74) is 0.737. The maximum absolute atomic E-state index is 10.5. The summed E-state index contributed by atoms with van der Waals surface area (Å²) in [4.78, 5) is 10.5. The van der Waals surface area contributed by atoms with Gasteiger partial charge in [0.2, 0.25) is 0 Å². The molecule has 1 rings (SSSR count). The number of ether oxygens (including phenoxy) is 1. The van der Waals surface area contributed by atoms with Crippen molar-refractivity contribution in [2.75, 3.05) is 6.61 Å². The standard InChI is InChI=1S/C13H18O4/c1-9-5-4-6-11(10(9)2)17-8-13(3,16)7-12(14)15/h4-6,16H,7-8H2,1-3H3,(H,14,15). The Balaban J connectivity index is 2.67. The fraction of sp³-hybridized carbons (Fsp3) is 0.462. The summed E-state index contributed by atoms with van der Waals surface area (Å²) in [5, 5.41) is 18.4. The Morgan fingerprint density at radius 1 is 1.41 bits per heavy atom. The predicted molar refractivity (Wildman–Crippen MR) is 64.3 cm³/mol. The Hall–Kier alpha value is -1.55. The van der Waals surface area contributed by atoms with E-state index in [-0.39, 0.29) is 13.0 Å². The first-order valence-corrected chi connectivity index (χ1v) is 5.45.